The molecule has 1 amide bonds. The average Bonchev–Trinajstić information content (AvgIpc) is 3.30. The molecule has 0 saturated heterocycles. The lowest BCUT2D eigenvalue weighted by atomic mass is 9.70. The fourth-order valence-electron chi connectivity index (χ4n) is 5.42. The summed E-state index contributed by atoms with van der Waals surface area (Å²) in [5.74, 6) is 2.48. The number of carbonyl (C=O) groups is 1. The molecule has 190 valence electrons. The highest BCUT2D eigenvalue weighted by molar-refractivity contribution is 5.95. The number of rotatable bonds is 8. The van der Waals surface area contributed by atoms with Gasteiger partial charge in [0.15, 0.2) is 0 Å². The van der Waals surface area contributed by atoms with Gasteiger partial charge in [0.1, 0.15) is 11.6 Å². The standard InChI is InChI=1S/C33H31N3O2/c1-38-29-16-14-23(15-17-29)22-36-32(21-31(35-36)28-18-27(19-28)24-8-3-2-4-9-24)34-33(37)20-26-12-7-11-25-10-5-6-13-30(25)26/h2-17,21,27-28H,18-20,22H2,1H3,(H,34,37). The van der Waals surface area contributed by atoms with Gasteiger partial charge in [-0.25, -0.2) is 4.68 Å². The molecule has 0 aliphatic heterocycles. The Morgan fingerprint density at radius 1 is 0.895 bits per heavy atom. The normalized spacial score (nSPS) is 16.7. The Bertz CT molecular complexity index is 1550. The van der Waals surface area contributed by atoms with E-state index in [4.69, 9.17) is 9.84 Å². The van der Waals surface area contributed by atoms with Crippen molar-refractivity contribution in [1.82, 2.24) is 9.78 Å². The first-order valence-electron chi connectivity index (χ1n) is 13.2. The van der Waals surface area contributed by atoms with Gasteiger partial charge in [0.2, 0.25) is 5.91 Å². The van der Waals surface area contributed by atoms with E-state index in [0.29, 0.717) is 24.8 Å². The molecule has 0 spiro atoms. The second-order valence-electron chi connectivity index (χ2n) is 10.1. The largest absolute Gasteiger partial charge is 0.497 e. The van der Waals surface area contributed by atoms with Gasteiger partial charge >= 0.3 is 0 Å². The zero-order valence-electron chi connectivity index (χ0n) is 21.5. The summed E-state index contributed by atoms with van der Waals surface area (Å²) in [6.07, 6.45) is 2.46. The molecule has 1 N–H and O–H groups in total. The summed E-state index contributed by atoms with van der Waals surface area (Å²) >= 11 is 0. The molecule has 6 rings (SSSR count). The highest BCUT2D eigenvalue weighted by Crippen LogP contribution is 2.47. The maximum atomic E-state index is 13.2. The van der Waals surface area contributed by atoms with Crippen LogP contribution in [-0.4, -0.2) is 22.8 Å². The third-order valence-electron chi connectivity index (χ3n) is 7.62. The molecule has 0 unspecified atom stereocenters. The number of anilines is 1. The van der Waals surface area contributed by atoms with Gasteiger partial charge in [-0.1, -0.05) is 84.9 Å². The summed E-state index contributed by atoms with van der Waals surface area (Å²) in [4.78, 5) is 13.2. The molecular weight excluding hydrogens is 470 g/mol. The van der Waals surface area contributed by atoms with Crippen LogP contribution in [0.25, 0.3) is 10.8 Å². The number of methoxy groups -OCH3 is 1. The van der Waals surface area contributed by atoms with E-state index in [9.17, 15) is 4.79 Å². The molecule has 5 nitrogen and oxygen atoms in total. The maximum Gasteiger partial charge on any atom is 0.229 e. The predicted octanol–water partition coefficient (Wildman–Crippen LogP) is 6.94. The van der Waals surface area contributed by atoms with Crippen LogP contribution in [0.15, 0.2) is 103 Å². The van der Waals surface area contributed by atoms with Crippen molar-refractivity contribution in [2.75, 3.05) is 12.4 Å². The van der Waals surface area contributed by atoms with Crippen molar-refractivity contribution in [3.05, 3.63) is 126 Å². The van der Waals surface area contributed by atoms with Crippen LogP contribution in [0.5, 0.6) is 5.75 Å². The number of amides is 1. The van der Waals surface area contributed by atoms with Crippen LogP contribution in [0.4, 0.5) is 5.82 Å². The molecular formula is C33H31N3O2. The number of fused-ring (bicyclic) bond motifs is 1. The summed E-state index contributed by atoms with van der Waals surface area (Å²) in [7, 11) is 1.67. The van der Waals surface area contributed by atoms with Crippen LogP contribution in [0.2, 0.25) is 0 Å². The minimum absolute atomic E-state index is 0.0421. The van der Waals surface area contributed by atoms with Crippen molar-refractivity contribution in [3.63, 3.8) is 0 Å². The Hall–Kier alpha value is -4.38. The molecule has 1 saturated carbocycles. The summed E-state index contributed by atoms with van der Waals surface area (Å²) in [6, 6.07) is 35.1. The highest BCUT2D eigenvalue weighted by atomic mass is 16.5. The van der Waals surface area contributed by atoms with Gasteiger partial charge < -0.3 is 10.1 Å². The van der Waals surface area contributed by atoms with E-state index in [0.717, 1.165) is 52.0 Å². The molecule has 0 bridgehead atoms. The monoisotopic (exact) mass is 501 g/mol. The van der Waals surface area contributed by atoms with Gasteiger partial charge in [-0.3, -0.25) is 4.79 Å². The first-order chi connectivity index (χ1) is 18.7. The second kappa shape index (κ2) is 10.5. The fourth-order valence-corrected chi connectivity index (χ4v) is 5.42. The van der Waals surface area contributed by atoms with Gasteiger partial charge in [-0.2, -0.15) is 5.10 Å². The van der Waals surface area contributed by atoms with Crippen molar-refractivity contribution in [1.29, 1.82) is 0 Å². The van der Waals surface area contributed by atoms with Crippen molar-refractivity contribution in [2.24, 2.45) is 0 Å². The number of carbonyl (C=O) groups excluding carboxylic acids is 1. The third-order valence-corrected chi connectivity index (χ3v) is 7.62. The second-order valence-corrected chi connectivity index (χ2v) is 10.1. The van der Waals surface area contributed by atoms with Crippen LogP contribution in [0.1, 0.15) is 47.1 Å². The first-order valence-corrected chi connectivity index (χ1v) is 13.2. The lowest BCUT2D eigenvalue weighted by molar-refractivity contribution is -0.115. The van der Waals surface area contributed by atoms with Gasteiger partial charge in [-0.15, -0.1) is 0 Å². The molecule has 0 atom stereocenters. The summed E-state index contributed by atoms with van der Waals surface area (Å²) in [5.41, 5.74) is 4.56. The minimum atomic E-state index is -0.0421. The van der Waals surface area contributed by atoms with Gasteiger partial charge in [0, 0.05) is 12.0 Å². The van der Waals surface area contributed by atoms with Crippen molar-refractivity contribution < 1.29 is 9.53 Å². The number of nitrogens with zero attached hydrogens (tertiary/aromatic N) is 2. The molecule has 38 heavy (non-hydrogen) atoms. The molecule has 1 heterocycles. The Morgan fingerprint density at radius 2 is 1.63 bits per heavy atom. The minimum Gasteiger partial charge on any atom is -0.497 e. The van der Waals surface area contributed by atoms with E-state index < -0.39 is 0 Å². The van der Waals surface area contributed by atoms with Gasteiger partial charge in [0.05, 0.1) is 25.8 Å². The summed E-state index contributed by atoms with van der Waals surface area (Å²) in [5, 5.41) is 10.4. The number of nitrogens with one attached hydrogen (secondary N) is 1. The van der Waals surface area contributed by atoms with Crippen molar-refractivity contribution in [3.8, 4) is 5.75 Å². The first kappa shape index (κ1) is 24.0. The molecule has 5 aromatic rings. The number of hydrogen-bond donors (Lipinski definition) is 1. The average molecular weight is 502 g/mol. The van der Waals surface area contributed by atoms with Gasteiger partial charge in [0.25, 0.3) is 0 Å². The van der Waals surface area contributed by atoms with Crippen LogP contribution in [0, 0.1) is 0 Å². The summed E-state index contributed by atoms with van der Waals surface area (Å²) < 4.78 is 7.23. The molecule has 1 fully saturated rings. The van der Waals surface area contributed by atoms with E-state index in [2.05, 4.69) is 59.9 Å². The van der Waals surface area contributed by atoms with Crippen LogP contribution < -0.4 is 10.1 Å². The molecule has 5 heteroatoms. The lowest BCUT2D eigenvalue weighted by Gasteiger charge is -2.34. The van der Waals surface area contributed by atoms with E-state index in [1.807, 2.05) is 53.2 Å². The zero-order valence-corrected chi connectivity index (χ0v) is 21.5. The Labute approximate surface area is 223 Å². The number of ether oxygens (including phenoxy) is 1. The van der Waals surface area contributed by atoms with Crippen LogP contribution in [-0.2, 0) is 17.8 Å². The number of aromatic nitrogens is 2. The number of hydrogen-bond acceptors (Lipinski definition) is 3. The zero-order chi connectivity index (χ0) is 25.9. The Kier molecular flexibility index (Phi) is 6.65. The Balaban J connectivity index is 1.22. The topological polar surface area (TPSA) is 56.1 Å². The molecule has 0 radical (unpaired) electrons. The van der Waals surface area contributed by atoms with Crippen molar-refractivity contribution in [2.45, 2.75) is 37.6 Å². The number of benzene rings is 4. The summed E-state index contributed by atoms with van der Waals surface area (Å²) in [6.45, 7) is 0.572. The van der Waals surface area contributed by atoms with E-state index in [1.54, 1.807) is 7.11 Å². The molecule has 4 aromatic carbocycles. The quantitative estimate of drug-likeness (QED) is 0.251. The smallest absolute Gasteiger partial charge is 0.229 e. The molecule has 1 aromatic heterocycles. The fraction of sp³-hybridized carbons (Fsp3) is 0.212. The SMILES string of the molecule is COc1ccc(Cn2nc(C3CC(c4ccccc4)C3)cc2NC(=O)Cc2cccc3ccccc23)cc1. The molecule has 1 aliphatic rings. The van der Waals surface area contributed by atoms with Gasteiger partial charge in [-0.05, 0) is 58.4 Å². The highest BCUT2D eigenvalue weighted by Gasteiger charge is 2.33. The van der Waals surface area contributed by atoms with Crippen molar-refractivity contribution >= 4 is 22.5 Å². The molecule has 1 aliphatic carbocycles. The van der Waals surface area contributed by atoms with Crippen LogP contribution in [0.3, 0.4) is 0 Å². The maximum absolute atomic E-state index is 13.2. The Morgan fingerprint density at radius 3 is 2.42 bits per heavy atom. The van der Waals surface area contributed by atoms with E-state index in [1.165, 1.54) is 5.56 Å². The third kappa shape index (κ3) is 5.05. The predicted molar refractivity (Wildman–Crippen MR) is 152 cm³/mol. The lowest BCUT2D eigenvalue weighted by Crippen LogP contribution is -2.20. The van der Waals surface area contributed by atoms with E-state index in [-0.39, 0.29) is 5.91 Å². The van der Waals surface area contributed by atoms with Crippen LogP contribution >= 0.6 is 0 Å². The van der Waals surface area contributed by atoms with E-state index >= 15 is 0 Å².